The van der Waals surface area contributed by atoms with Crippen LogP contribution >= 0.6 is 0 Å². The van der Waals surface area contributed by atoms with Crippen LogP contribution in [0.3, 0.4) is 0 Å². The summed E-state index contributed by atoms with van der Waals surface area (Å²) in [7, 11) is 0. The van der Waals surface area contributed by atoms with Crippen LogP contribution < -0.4 is 4.74 Å². The van der Waals surface area contributed by atoms with Crippen LogP contribution in [0.1, 0.15) is 50.7 Å². The van der Waals surface area contributed by atoms with Crippen LogP contribution in [-0.2, 0) is 14.3 Å². The molecule has 0 aliphatic heterocycles. The molecule has 0 heterocycles. The Kier molecular flexibility index (Phi) is 6.92. The van der Waals surface area contributed by atoms with Gasteiger partial charge in [-0.05, 0) is 43.0 Å². The maximum absolute atomic E-state index is 11.7. The quantitative estimate of drug-likeness (QED) is 0.689. The molecule has 1 aromatic carbocycles. The molecule has 0 radical (unpaired) electrons. The number of ketones is 1. The van der Waals surface area contributed by atoms with Gasteiger partial charge in [-0.15, -0.1) is 0 Å². The van der Waals surface area contributed by atoms with Crippen molar-refractivity contribution < 1.29 is 19.1 Å². The van der Waals surface area contributed by atoms with E-state index in [9.17, 15) is 9.59 Å². The minimum Gasteiger partial charge on any atom is -0.486 e. The number of rotatable bonds is 8. The van der Waals surface area contributed by atoms with E-state index in [-0.39, 0.29) is 31.2 Å². The van der Waals surface area contributed by atoms with Gasteiger partial charge in [-0.1, -0.05) is 19.9 Å². The van der Waals surface area contributed by atoms with Gasteiger partial charge in [0.15, 0.2) is 5.78 Å². The second-order valence-electron chi connectivity index (χ2n) is 5.37. The maximum Gasteiger partial charge on any atom is 0.306 e. The summed E-state index contributed by atoms with van der Waals surface area (Å²) >= 11 is 0. The lowest BCUT2D eigenvalue weighted by molar-refractivity contribution is -0.144. The summed E-state index contributed by atoms with van der Waals surface area (Å²) in [4.78, 5) is 22.9. The first kappa shape index (κ1) is 17.2. The molecular formula is C17H24O4. The number of carbonyl (C=O) groups is 2. The lowest BCUT2D eigenvalue weighted by Gasteiger charge is -2.11. The van der Waals surface area contributed by atoms with E-state index < -0.39 is 0 Å². The summed E-state index contributed by atoms with van der Waals surface area (Å²) in [6.45, 7) is 8.30. The van der Waals surface area contributed by atoms with E-state index in [2.05, 4.69) is 19.9 Å². The van der Waals surface area contributed by atoms with Gasteiger partial charge in [0.05, 0.1) is 13.0 Å². The van der Waals surface area contributed by atoms with Gasteiger partial charge in [-0.25, -0.2) is 0 Å². The van der Waals surface area contributed by atoms with Crippen molar-refractivity contribution in [3.05, 3.63) is 29.3 Å². The monoisotopic (exact) mass is 292 g/mol. The van der Waals surface area contributed by atoms with E-state index in [0.717, 1.165) is 5.56 Å². The highest BCUT2D eigenvalue weighted by Crippen LogP contribution is 2.22. The predicted molar refractivity (Wildman–Crippen MR) is 81.6 cm³/mol. The molecule has 0 aromatic heterocycles. The number of ether oxygens (including phenoxy) is 2. The second kappa shape index (κ2) is 8.45. The fourth-order valence-electron chi connectivity index (χ4n) is 1.90. The molecule has 1 aromatic rings. The zero-order valence-electron chi connectivity index (χ0n) is 13.3. The Labute approximate surface area is 126 Å². The van der Waals surface area contributed by atoms with Crippen LogP contribution in [0, 0.1) is 6.92 Å². The number of hydrogen-bond acceptors (Lipinski definition) is 4. The van der Waals surface area contributed by atoms with Gasteiger partial charge < -0.3 is 9.47 Å². The third kappa shape index (κ3) is 6.43. The molecule has 0 bridgehead atoms. The van der Waals surface area contributed by atoms with Gasteiger partial charge in [-0.3, -0.25) is 9.59 Å². The maximum atomic E-state index is 11.7. The van der Waals surface area contributed by atoms with Crippen molar-refractivity contribution in [2.45, 2.75) is 46.5 Å². The molecule has 0 spiro atoms. The normalized spacial score (nSPS) is 10.5. The van der Waals surface area contributed by atoms with Gasteiger partial charge in [-0.2, -0.15) is 0 Å². The molecule has 21 heavy (non-hydrogen) atoms. The van der Waals surface area contributed by atoms with Crippen LogP contribution in [0.15, 0.2) is 18.2 Å². The van der Waals surface area contributed by atoms with E-state index >= 15 is 0 Å². The first-order valence-electron chi connectivity index (χ1n) is 7.34. The van der Waals surface area contributed by atoms with Gasteiger partial charge in [0.1, 0.15) is 12.4 Å². The fourth-order valence-corrected chi connectivity index (χ4v) is 1.90. The first-order valence-corrected chi connectivity index (χ1v) is 7.34. The lowest BCUT2D eigenvalue weighted by Crippen LogP contribution is -2.14. The molecule has 0 fully saturated rings. The number of hydrogen-bond donors (Lipinski definition) is 0. The first-order chi connectivity index (χ1) is 9.92. The number of benzene rings is 1. The average Bonchev–Trinajstić information content (AvgIpc) is 2.42. The summed E-state index contributed by atoms with van der Waals surface area (Å²) in [5, 5.41) is 0. The number of esters is 1. The van der Waals surface area contributed by atoms with Gasteiger partial charge in [0.2, 0.25) is 0 Å². The molecule has 0 N–H and O–H groups in total. The summed E-state index contributed by atoms with van der Waals surface area (Å²) in [6.07, 6.45) is 0.267. The Balaban J connectivity index is 2.47. The highest BCUT2D eigenvalue weighted by Gasteiger charge is 2.09. The Morgan fingerprint density at radius 1 is 1.14 bits per heavy atom. The zero-order chi connectivity index (χ0) is 15.8. The van der Waals surface area contributed by atoms with Gasteiger partial charge in [0.25, 0.3) is 0 Å². The highest BCUT2D eigenvalue weighted by atomic mass is 16.5. The molecule has 4 nitrogen and oxygen atoms in total. The molecule has 4 heteroatoms. The smallest absolute Gasteiger partial charge is 0.306 e. The van der Waals surface area contributed by atoms with Crippen LogP contribution in [0.25, 0.3) is 0 Å². The molecular weight excluding hydrogens is 268 g/mol. The largest absolute Gasteiger partial charge is 0.486 e. The van der Waals surface area contributed by atoms with E-state index in [1.54, 1.807) is 6.92 Å². The number of carbonyl (C=O) groups excluding carboxylic acids is 2. The van der Waals surface area contributed by atoms with Crippen molar-refractivity contribution in [3.8, 4) is 5.75 Å². The molecule has 1 rings (SSSR count). The van der Waals surface area contributed by atoms with Crippen molar-refractivity contribution in [3.63, 3.8) is 0 Å². The molecule has 0 amide bonds. The standard InChI is InChI=1S/C17H24O4/c1-5-20-17(19)7-6-15(18)11-21-16-9-13(4)8-14(10-16)12(2)3/h8-10,12H,5-7,11H2,1-4H3. The van der Waals surface area contributed by atoms with Gasteiger partial charge >= 0.3 is 5.97 Å². The highest BCUT2D eigenvalue weighted by molar-refractivity contribution is 5.84. The van der Waals surface area contributed by atoms with E-state index in [4.69, 9.17) is 9.47 Å². The predicted octanol–water partition coefficient (Wildman–Crippen LogP) is 3.41. The molecule has 0 saturated carbocycles. The van der Waals surface area contributed by atoms with Crippen molar-refractivity contribution in [1.29, 1.82) is 0 Å². The minimum absolute atomic E-state index is 0.0135. The molecule has 0 aliphatic rings. The molecule has 0 unspecified atom stereocenters. The summed E-state index contributed by atoms with van der Waals surface area (Å²) in [5.41, 5.74) is 2.29. The van der Waals surface area contributed by atoms with Crippen LogP contribution in [-0.4, -0.2) is 25.0 Å². The summed E-state index contributed by atoms with van der Waals surface area (Å²) in [5.74, 6) is 0.661. The van der Waals surface area contributed by atoms with Crippen molar-refractivity contribution >= 4 is 11.8 Å². The van der Waals surface area contributed by atoms with Crippen LogP contribution in [0.2, 0.25) is 0 Å². The van der Waals surface area contributed by atoms with E-state index in [0.29, 0.717) is 18.3 Å². The topological polar surface area (TPSA) is 52.6 Å². The van der Waals surface area contributed by atoms with Crippen molar-refractivity contribution in [1.82, 2.24) is 0 Å². The Hall–Kier alpha value is -1.84. The molecule has 116 valence electrons. The van der Waals surface area contributed by atoms with E-state index in [1.807, 2.05) is 19.1 Å². The Bertz CT molecular complexity index is 492. The van der Waals surface area contributed by atoms with Crippen molar-refractivity contribution in [2.75, 3.05) is 13.2 Å². The molecule has 0 saturated heterocycles. The third-order valence-electron chi connectivity index (χ3n) is 3.05. The number of Topliss-reactive ketones (excluding diaryl/α,β-unsaturated/α-hetero) is 1. The minimum atomic E-state index is -0.344. The Morgan fingerprint density at radius 2 is 1.86 bits per heavy atom. The zero-order valence-corrected chi connectivity index (χ0v) is 13.3. The molecule has 0 aliphatic carbocycles. The SMILES string of the molecule is CCOC(=O)CCC(=O)COc1cc(C)cc(C(C)C)c1. The summed E-state index contributed by atoms with van der Waals surface area (Å²) in [6, 6.07) is 5.97. The third-order valence-corrected chi connectivity index (χ3v) is 3.05. The van der Waals surface area contributed by atoms with Crippen molar-refractivity contribution in [2.24, 2.45) is 0 Å². The lowest BCUT2D eigenvalue weighted by atomic mass is 10.0. The van der Waals surface area contributed by atoms with E-state index in [1.165, 1.54) is 5.56 Å². The second-order valence-corrected chi connectivity index (χ2v) is 5.37. The summed E-state index contributed by atoms with van der Waals surface area (Å²) < 4.78 is 10.3. The van der Waals surface area contributed by atoms with Gasteiger partial charge in [0, 0.05) is 6.42 Å². The average molecular weight is 292 g/mol. The van der Waals surface area contributed by atoms with Crippen LogP contribution in [0.5, 0.6) is 5.75 Å². The number of aryl methyl sites for hydroxylation is 1. The Morgan fingerprint density at radius 3 is 2.48 bits per heavy atom. The molecule has 0 atom stereocenters. The van der Waals surface area contributed by atoms with Crippen LogP contribution in [0.4, 0.5) is 0 Å². The fraction of sp³-hybridized carbons (Fsp3) is 0.529.